The van der Waals surface area contributed by atoms with E-state index in [1.807, 2.05) is 0 Å². The van der Waals surface area contributed by atoms with Crippen molar-refractivity contribution in [3.8, 4) is 22.4 Å². The summed E-state index contributed by atoms with van der Waals surface area (Å²) in [6.45, 7) is 2.15. The number of halogens is 4. The van der Waals surface area contributed by atoms with Gasteiger partial charge in [-0.2, -0.15) is 8.80 Å². The normalized spacial score (nSPS) is 11.6. The van der Waals surface area contributed by atoms with E-state index >= 15 is 0 Å². The van der Waals surface area contributed by atoms with Crippen LogP contribution in [0.2, 0.25) is 0 Å². The van der Waals surface area contributed by atoms with E-state index in [9.17, 15) is 17.3 Å². The van der Waals surface area contributed by atoms with E-state index < -0.39 is 7.25 Å². The lowest BCUT2D eigenvalue weighted by Crippen LogP contribution is -2.29. The molecular weight excluding hydrogens is 451 g/mol. The maximum Gasteiger partial charge on any atom is 0.673 e. The molecule has 7 heteroatoms. The second-order valence-corrected chi connectivity index (χ2v) is 8.31. The summed E-state index contributed by atoms with van der Waals surface area (Å²) in [5.74, 6) is 0. The summed E-state index contributed by atoms with van der Waals surface area (Å²) < 4.78 is 43.7. The third-order valence-electron chi connectivity index (χ3n) is 5.86. The van der Waals surface area contributed by atoms with Gasteiger partial charge >= 0.3 is 7.25 Å². The van der Waals surface area contributed by atoms with Crippen molar-refractivity contribution in [2.75, 3.05) is 0 Å². The SMILES string of the molecule is Cc1ccc2n3c(cc4ccccc43)c(-c3ccccc3)c(-c3ccccc3)[n+]2c1.F[B-](F)(F)F. The van der Waals surface area contributed by atoms with Gasteiger partial charge in [0.05, 0.1) is 11.8 Å². The van der Waals surface area contributed by atoms with E-state index in [2.05, 4.69) is 125 Å². The molecule has 0 spiro atoms. The molecule has 0 saturated carbocycles. The van der Waals surface area contributed by atoms with Crippen LogP contribution < -0.4 is 4.40 Å². The highest BCUT2D eigenvalue weighted by Gasteiger charge is 2.26. The Labute approximate surface area is 199 Å². The third kappa shape index (κ3) is 4.49. The summed E-state index contributed by atoms with van der Waals surface area (Å²) in [5.41, 5.74) is 9.76. The van der Waals surface area contributed by atoms with E-state index in [-0.39, 0.29) is 0 Å². The molecule has 0 saturated heterocycles. The zero-order valence-corrected chi connectivity index (χ0v) is 18.9. The molecule has 35 heavy (non-hydrogen) atoms. The predicted octanol–water partition coefficient (Wildman–Crippen LogP) is 7.77. The van der Waals surface area contributed by atoms with E-state index in [4.69, 9.17) is 0 Å². The Bertz CT molecular complexity index is 1640. The Hall–Kier alpha value is -4.13. The molecule has 0 aliphatic heterocycles. The van der Waals surface area contributed by atoms with Crippen LogP contribution in [0.15, 0.2) is 109 Å². The Morgan fingerprint density at radius 2 is 1.23 bits per heavy atom. The molecule has 0 unspecified atom stereocenters. The van der Waals surface area contributed by atoms with Gasteiger partial charge in [0.25, 0.3) is 5.65 Å². The van der Waals surface area contributed by atoms with Gasteiger partial charge in [-0.3, -0.25) is 0 Å². The first-order chi connectivity index (χ1) is 16.8. The van der Waals surface area contributed by atoms with Gasteiger partial charge < -0.3 is 17.3 Å². The minimum Gasteiger partial charge on any atom is -0.418 e. The van der Waals surface area contributed by atoms with Crippen LogP contribution >= 0.6 is 0 Å². The van der Waals surface area contributed by atoms with Gasteiger partial charge in [-0.15, -0.1) is 0 Å². The highest BCUT2D eigenvalue weighted by Crippen LogP contribution is 2.37. The number of nitrogens with zero attached hydrogens (tertiary/aromatic N) is 2. The first-order valence-electron chi connectivity index (χ1n) is 11.2. The van der Waals surface area contributed by atoms with E-state index in [1.165, 1.54) is 44.4 Å². The van der Waals surface area contributed by atoms with Gasteiger partial charge in [-0.25, -0.2) is 0 Å². The monoisotopic (exact) mass is 472 g/mol. The van der Waals surface area contributed by atoms with E-state index in [1.54, 1.807) is 0 Å². The molecule has 0 radical (unpaired) electrons. The number of benzene rings is 3. The number of rotatable bonds is 2. The molecule has 2 nitrogen and oxygen atoms in total. The third-order valence-corrected chi connectivity index (χ3v) is 5.86. The van der Waals surface area contributed by atoms with Crippen LogP contribution in [0.25, 0.3) is 44.5 Å². The van der Waals surface area contributed by atoms with E-state index in [0.717, 1.165) is 5.65 Å². The average Bonchev–Trinajstić information content (AvgIpc) is 3.22. The Morgan fingerprint density at radius 3 is 1.89 bits per heavy atom. The van der Waals surface area contributed by atoms with Crippen molar-refractivity contribution in [1.29, 1.82) is 0 Å². The predicted molar refractivity (Wildman–Crippen MR) is 134 cm³/mol. The summed E-state index contributed by atoms with van der Waals surface area (Å²) in [4.78, 5) is 0. The number of fused-ring (bicyclic) bond motifs is 5. The fourth-order valence-electron chi connectivity index (χ4n) is 4.56. The van der Waals surface area contributed by atoms with Crippen molar-refractivity contribution in [3.63, 3.8) is 0 Å². The zero-order valence-electron chi connectivity index (χ0n) is 18.9. The Balaban J connectivity index is 0.000000464. The molecule has 3 aromatic carbocycles. The van der Waals surface area contributed by atoms with Crippen LogP contribution in [0.1, 0.15) is 5.56 Å². The summed E-state index contributed by atoms with van der Waals surface area (Å²) in [7, 11) is -6.00. The highest BCUT2D eigenvalue weighted by molar-refractivity contribution is 6.50. The second kappa shape index (κ2) is 8.91. The number of hydrogen-bond donors (Lipinski definition) is 0. The fourth-order valence-corrected chi connectivity index (χ4v) is 4.56. The first kappa shape index (κ1) is 22.7. The van der Waals surface area contributed by atoms with Crippen LogP contribution in [-0.2, 0) is 0 Å². The summed E-state index contributed by atoms with van der Waals surface area (Å²) in [6.07, 6.45) is 2.25. The standard InChI is InChI=1S/C28H21N2.BF4/c1-20-16-17-26-29(19-20)28(22-12-6-3-7-13-22)27(21-10-4-2-5-11-21)25-18-23-14-8-9-15-24(23)30(25)26;2-1(3,4)5/h2-19H,1H3;/q+1;-1. The number of hydrogen-bond acceptors (Lipinski definition) is 0. The molecule has 6 aromatic rings. The molecule has 3 aromatic heterocycles. The first-order valence-corrected chi connectivity index (χ1v) is 11.2. The highest BCUT2D eigenvalue weighted by atomic mass is 19.5. The van der Waals surface area contributed by atoms with Crippen LogP contribution in [0.5, 0.6) is 0 Å². The lowest BCUT2D eigenvalue weighted by Gasteiger charge is -2.13. The lowest BCUT2D eigenvalue weighted by molar-refractivity contribution is -0.502. The number of para-hydroxylation sites is 1. The van der Waals surface area contributed by atoms with Gasteiger partial charge in [0, 0.05) is 17.0 Å². The van der Waals surface area contributed by atoms with Crippen LogP contribution in [-0.4, -0.2) is 11.7 Å². The van der Waals surface area contributed by atoms with Crippen LogP contribution in [0, 0.1) is 6.92 Å². The van der Waals surface area contributed by atoms with Gasteiger partial charge in [0.1, 0.15) is 11.0 Å². The van der Waals surface area contributed by atoms with Crippen molar-refractivity contribution >= 4 is 29.3 Å². The number of aryl methyl sites for hydroxylation is 1. The molecule has 0 aliphatic rings. The van der Waals surface area contributed by atoms with Crippen molar-refractivity contribution in [2.24, 2.45) is 0 Å². The van der Waals surface area contributed by atoms with E-state index in [0.29, 0.717) is 0 Å². The van der Waals surface area contributed by atoms with Crippen molar-refractivity contribution < 1.29 is 21.7 Å². The largest absolute Gasteiger partial charge is 0.673 e. The molecule has 0 amide bonds. The summed E-state index contributed by atoms with van der Waals surface area (Å²) in [5, 5.41) is 1.25. The average molecular weight is 472 g/mol. The van der Waals surface area contributed by atoms with Gasteiger partial charge in [-0.1, -0.05) is 78.9 Å². The molecule has 0 atom stereocenters. The van der Waals surface area contributed by atoms with Crippen molar-refractivity contribution in [2.45, 2.75) is 6.92 Å². The van der Waals surface area contributed by atoms with Gasteiger partial charge in [-0.05, 0) is 36.2 Å². The molecule has 0 fully saturated rings. The lowest BCUT2D eigenvalue weighted by atomic mass is 9.98. The van der Waals surface area contributed by atoms with Gasteiger partial charge in [0.2, 0.25) is 0 Å². The quantitative estimate of drug-likeness (QED) is 0.138. The second-order valence-electron chi connectivity index (χ2n) is 8.31. The maximum absolute atomic E-state index is 9.75. The zero-order chi connectivity index (χ0) is 24.6. The van der Waals surface area contributed by atoms with Crippen LogP contribution in [0.3, 0.4) is 0 Å². The molecular formula is C28H21BF4N2. The molecule has 0 bridgehead atoms. The summed E-state index contributed by atoms with van der Waals surface area (Å²) >= 11 is 0. The van der Waals surface area contributed by atoms with Crippen LogP contribution in [0.4, 0.5) is 17.3 Å². The Morgan fingerprint density at radius 1 is 0.657 bits per heavy atom. The fraction of sp³-hybridized carbons (Fsp3) is 0.0357. The molecule has 3 heterocycles. The van der Waals surface area contributed by atoms with Gasteiger partial charge in [0.15, 0.2) is 5.69 Å². The minimum atomic E-state index is -6.00. The summed E-state index contributed by atoms with van der Waals surface area (Å²) in [6, 6.07) is 36.8. The maximum atomic E-state index is 9.75. The van der Waals surface area contributed by atoms with Crippen molar-refractivity contribution in [3.05, 3.63) is 115 Å². The topological polar surface area (TPSA) is 8.51 Å². The number of pyridine rings is 1. The molecule has 0 aliphatic carbocycles. The van der Waals surface area contributed by atoms with Crippen molar-refractivity contribution in [1.82, 2.24) is 4.40 Å². The minimum absolute atomic E-state index is 1.16. The smallest absolute Gasteiger partial charge is 0.418 e. The molecule has 0 N–H and O–H groups in total. The Kier molecular flexibility index (Phi) is 5.77. The molecule has 174 valence electrons. The molecule has 6 rings (SSSR count). The number of aromatic nitrogens is 2.